The van der Waals surface area contributed by atoms with Crippen LogP contribution in [0.4, 0.5) is 0 Å². The molecule has 2 fully saturated rings. The molecule has 0 radical (unpaired) electrons. The number of carbonyl (C=O) groups is 1. The second-order valence-corrected chi connectivity index (χ2v) is 11.5. The van der Waals surface area contributed by atoms with Gasteiger partial charge in [-0.05, 0) is 66.0 Å². The molecule has 1 aliphatic carbocycles. The molecule has 33 heavy (non-hydrogen) atoms. The van der Waals surface area contributed by atoms with Gasteiger partial charge < -0.3 is 5.32 Å². The van der Waals surface area contributed by atoms with Crippen molar-refractivity contribution in [1.29, 1.82) is 0 Å². The number of allylic oxidation sites excluding steroid dienone is 1. The molecule has 1 aliphatic heterocycles. The van der Waals surface area contributed by atoms with Gasteiger partial charge in [-0.2, -0.15) is 0 Å². The van der Waals surface area contributed by atoms with Crippen LogP contribution in [0.25, 0.3) is 0 Å². The van der Waals surface area contributed by atoms with Crippen molar-refractivity contribution < 1.29 is 9.00 Å². The van der Waals surface area contributed by atoms with E-state index in [-0.39, 0.29) is 29.5 Å². The first-order chi connectivity index (χ1) is 15.7. The predicted octanol–water partition coefficient (Wildman–Crippen LogP) is 4.10. The summed E-state index contributed by atoms with van der Waals surface area (Å²) >= 11 is 5.96. The summed E-state index contributed by atoms with van der Waals surface area (Å²) < 4.78 is 12.8. The van der Waals surface area contributed by atoms with Crippen LogP contribution < -0.4 is 5.32 Å². The topological polar surface area (TPSA) is 87.0 Å². The van der Waals surface area contributed by atoms with E-state index in [4.69, 9.17) is 11.6 Å². The van der Waals surface area contributed by atoms with Crippen LogP contribution in [0.2, 0.25) is 0 Å². The van der Waals surface area contributed by atoms with Gasteiger partial charge >= 0.3 is 0 Å². The van der Waals surface area contributed by atoms with Gasteiger partial charge in [0.2, 0.25) is 0 Å². The first-order valence-corrected chi connectivity index (χ1v) is 13.6. The minimum absolute atomic E-state index is 0.0241. The Balaban J connectivity index is 1.85. The lowest BCUT2D eigenvalue weighted by atomic mass is 10.1. The molecular weight excluding hydrogens is 458 g/mol. The van der Waals surface area contributed by atoms with Crippen LogP contribution in [0.15, 0.2) is 56.7 Å². The van der Waals surface area contributed by atoms with Crippen LogP contribution in [-0.2, 0) is 20.9 Å². The number of pyridine rings is 1. The lowest BCUT2D eigenvalue weighted by Gasteiger charge is -2.36. The van der Waals surface area contributed by atoms with Crippen LogP contribution >= 0.6 is 11.6 Å². The molecule has 1 N–H and O–H groups in total. The number of amides is 1. The summed E-state index contributed by atoms with van der Waals surface area (Å²) in [6, 6.07) is 3.60. The normalized spacial score (nSPS) is 22.9. The second kappa shape index (κ2) is 10.7. The van der Waals surface area contributed by atoms with Crippen LogP contribution in [0.3, 0.4) is 0 Å². The van der Waals surface area contributed by atoms with E-state index >= 15 is 0 Å². The van der Waals surface area contributed by atoms with E-state index < -0.39 is 9.52 Å². The van der Waals surface area contributed by atoms with Crippen LogP contribution in [-0.4, -0.2) is 49.3 Å². The Labute approximate surface area is 201 Å². The molecule has 7 nitrogen and oxygen atoms in total. The van der Waals surface area contributed by atoms with E-state index in [1.54, 1.807) is 23.4 Å². The number of hydrogen-bond acceptors (Lipinski definition) is 5. The van der Waals surface area contributed by atoms with Crippen molar-refractivity contribution in [2.24, 2.45) is 15.9 Å². The van der Waals surface area contributed by atoms with Gasteiger partial charge in [0.05, 0.1) is 17.9 Å². The molecule has 2 heterocycles. The first-order valence-electron chi connectivity index (χ1n) is 11.2. The standard InChI is InChI=1S/C24H32ClN5O2S/c1-6-8-13-33(5,32)20-12-11-19(26-15-20)14-27-22-24(31)30(16(3)18-9-10-18)23(28-17(4)25)21(7-2)29-22/h7,11-13,15-16,18H,4,6,8-10,14H2,1-3,5H3,(H,27,29)/b21-7+,28-23+. The third kappa shape index (κ3) is 6.12. The molecule has 1 aromatic rings. The number of aliphatic imine (C=N–C) groups is 2. The number of aromatic nitrogens is 1. The van der Waals surface area contributed by atoms with E-state index in [0.717, 1.165) is 25.7 Å². The number of unbranched alkanes of at least 4 members (excludes halogenated alkanes) is 1. The van der Waals surface area contributed by atoms with Crippen molar-refractivity contribution in [3.63, 3.8) is 0 Å². The Morgan fingerprint density at radius 3 is 2.73 bits per heavy atom. The van der Waals surface area contributed by atoms with Gasteiger partial charge in [-0.1, -0.05) is 37.6 Å². The summed E-state index contributed by atoms with van der Waals surface area (Å²) in [6.45, 7) is 9.81. The Morgan fingerprint density at radius 1 is 1.45 bits per heavy atom. The fourth-order valence-electron chi connectivity index (χ4n) is 3.62. The van der Waals surface area contributed by atoms with Gasteiger partial charge in [0.25, 0.3) is 5.91 Å². The summed E-state index contributed by atoms with van der Waals surface area (Å²) in [5, 5.41) is 5.06. The summed E-state index contributed by atoms with van der Waals surface area (Å²) in [6.07, 6.45) is 9.11. The minimum atomic E-state index is -2.21. The van der Waals surface area contributed by atoms with E-state index in [1.165, 1.54) is 0 Å². The maximum atomic E-state index is 13.3. The zero-order valence-corrected chi connectivity index (χ0v) is 21.2. The molecule has 1 aromatic heterocycles. The first kappa shape index (κ1) is 25.2. The smallest absolute Gasteiger partial charge is 0.295 e. The number of rotatable bonds is 8. The lowest BCUT2D eigenvalue weighted by Crippen LogP contribution is -2.57. The quantitative estimate of drug-likeness (QED) is 0.440. The number of hydrogen-bond donors (Lipinski definition) is 1. The Morgan fingerprint density at radius 2 is 2.18 bits per heavy atom. The summed E-state index contributed by atoms with van der Waals surface area (Å²) in [5.41, 5.74) is 1.34. The number of piperazine rings is 1. The molecule has 178 valence electrons. The number of halogens is 1. The van der Waals surface area contributed by atoms with Gasteiger partial charge in [0.15, 0.2) is 11.7 Å². The predicted molar refractivity (Wildman–Crippen MR) is 137 cm³/mol. The van der Waals surface area contributed by atoms with Crippen molar-refractivity contribution in [3.8, 4) is 0 Å². The van der Waals surface area contributed by atoms with Crippen molar-refractivity contribution in [3.05, 3.63) is 47.5 Å². The molecule has 1 saturated carbocycles. The SMILES string of the molecule is C=C(Cl)/N=C1\C(=C/C)NC(=NCc2ccc(S(C)(=O)=CCCC)cn2)C(=O)N1C(C)C1CC1. The third-order valence-corrected chi connectivity index (χ3v) is 7.89. The molecule has 0 spiro atoms. The zero-order valence-electron chi connectivity index (χ0n) is 19.7. The Bertz CT molecular complexity index is 1130. The van der Waals surface area contributed by atoms with Gasteiger partial charge in [-0.25, -0.2) is 4.99 Å². The fraction of sp³-hybridized carbons (Fsp3) is 0.458. The van der Waals surface area contributed by atoms with Gasteiger partial charge in [-0.3, -0.25) is 23.9 Å². The van der Waals surface area contributed by atoms with Crippen LogP contribution in [0.1, 0.15) is 52.1 Å². The summed E-state index contributed by atoms with van der Waals surface area (Å²) in [4.78, 5) is 29.0. The van der Waals surface area contributed by atoms with E-state index in [9.17, 15) is 9.00 Å². The van der Waals surface area contributed by atoms with E-state index in [0.29, 0.717) is 28.0 Å². The highest BCUT2D eigenvalue weighted by Crippen LogP contribution is 2.36. The molecule has 2 aliphatic rings. The van der Waals surface area contributed by atoms with E-state index in [1.807, 2.05) is 31.4 Å². The lowest BCUT2D eigenvalue weighted by molar-refractivity contribution is -0.122. The highest BCUT2D eigenvalue weighted by Gasteiger charge is 2.42. The summed E-state index contributed by atoms with van der Waals surface area (Å²) in [7, 11) is -2.21. The monoisotopic (exact) mass is 489 g/mol. The molecule has 0 aromatic carbocycles. The number of nitrogens with zero attached hydrogens (tertiary/aromatic N) is 4. The van der Waals surface area contributed by atoms with Crippen LogP contribution in [0, 0.1) is 5.92 Å². The molecule has 2 unspecified atom stereocenters. The van der Waals surface area contributed by atoms with Crippen molar-refractivity contribution >= 4 is 44.1 Å². The maximum absolute atomic E-state index is 13.3. The summed E-state index contributed by atoms with van der Waals surface area (Å²) in [5.74, 6) is 0.877. The number of amidine groups is 2. The molecule has 1 amide bonds. The fourth-order valence-corrected chi connectivity index (χ4v) is 5.18. The van der Waals surface area contributed by atoms with Crippen LogP contribution in [0.5, 0.6) is 0 Å². The molecule has 0 bridgehead atoms. The van der Waals surface area contributed by atoms with Gasteiger partial charge in [-0.15, -0.1) is 0 Å². The van der Waals surface area contributed by atoms with Crippen molar-refractivity contribution in [1.82, 2.24) is 15.2 Å². The Hall–Kier alpha value is -2.45. The maximum Gasteiger partial charge on any atom is 0.295 e. The largest absolute Gasteiger partial charge is 0.333 e. The average molecular weight is 490 g/mol. The molecule has 9 heteroatoms. The number of carbonyl (C=O) groups excluding carboxylic acids is 1. The minimum Gasteiger partial charge on any atom is -0.333 e. The molecule has 3 rings (SSSR count). The number of nitrogens with one attached hydrogen (secondary N) is 1. The molecular formula is C24H32ClN5O2S. The van der Waals surface area contributed by atoms with Crippen molar-refractivity contribution in [2.75, 3.05) is 6.26 Å². The Kier molecular flexibility index (Phi) is 8.13. The van der Waals surface area contributed by atoms with Crippen molar-refractivity contribution in [2.45, 2.75) is 63.9 Å². The molecule has 1 saturated heterocycles. The van der Waals surface area contributed by atoms with Gasteiger partial charge in [0, 0.05) is 23.4 Å². The zero-order chi connectivity index (χ0) is 24.2. The van der Waals surface area contributed by atoms with Gasteiger partial charge in [0.1, 0.15) is 5.16 Å². The molecule has 2 atom stereocenters. The highest BCUT2D eigenvalue weighted by atomic mass is 35.5. The van der Waals surface area contributed by atoms with E-state index in [2.05, 4.69) is 33.8 Å². The average Bonchev–Trinajstić information content (AvgIpc) is 3.62. The second-order valence-electron chi connectivity index (χ2n) is 8.40. The highest BCUT2D eigenvalue weighted by molar-refractivity contribution is 8.00. The third-order valence-electron chi connectivity index (χ3n) is 5.76.